The topological polar surface area (TPSA) is 41.6 Å². The van der Waals surface area contributed by atoms with Crippen molar-refractivity contribution in [3.05, 3.63) is 65.2 Å². The van der Waals surface area contributed by atoms with Gasteiger partial charge >= 0.3 is 6.61 Å². The lowest BCUT2D eigenvalue weighted by Crippen LogP contribution is -2.38. The molecule has 0 saturated carbocycles. The highest BCUT2D eigenvalue weighted by Crippen LogP contribution is 2.33. The Hall–Kier alpha value is -2.47. The summed E-state index contributed by atoms with van der Waals surface area (Å²) in [6, 6.07) is 15.2. The van der Waals surface area contributed by atoms with E-state index < -0.39 is 6.61 Å². The fourth-order valence-electron chi connectivity index (χ4n) is 3.76. The third-order valence-electron chi connectivity index (χ3n) is 5.15. The molecule has 6 heteroatoms. The predicted octanol–water partition coefficient (Wildman–Crippen LogP) is 3.96. The molecule has 0 bridgehead atoms. The molecule has 3 rings (SSSR count). The maximum Gasteiger partial charge on any atom is 0.387 e. The van der Waals surface area contributed by atoms with Crippen LogP contribution in [0.1, 0.15) is 35.6 Å². The number of aryl methyl sites for hydroxylation is 1. The van der Waals surface area contributed by atoms with E-state index >= 15 is 0 Å². The van der Waals surface area contributed by atoms with Crippen LogP contribution >= 0.6 is 0 Å². The molecule has 150 valence electrons. The van der Waals surface area contributed by atoms with E-state index in [4.69, 9.17) is 0 Å². The van der Waals surface area contributed by atoms with Crippen LogP contribution in [0, 0.1) is 0 Å². The number of alkyl halides is 2. The first-order valence-corrected chi connectivity index (χ1v) is 9.61. The number of halogens is 2. The van der Waals surface area contributed by atoms with Crippen molar-refractivity contribution in [3.8, 4) is 5.75 Å². The Morgan fingerprint density at radius 3 is 2.71 bits per heavy atom. The summed E-state index contributed by atoms with van der Waals surface area (Å²) in [6.07, 6.45) is 3.94. The van der Waals surface area contributed by atoms with E-state index in [2.05, 4.69) is 39.2 Å². The first kappa shape index (κ1) is 20.3. The van der Waals surface area contributed by atoms with Gasteiger partial charge in [-0.25, -0.2) is 0 Å². The van der Waals surface area contributed by atoms with E-state index in [0.29, 0.717) is 19.5 Å². The number of nitrogens with zero attached hydrogens (tertiary/aromatic N) is 1. The van der Waals surface area contributed by atoms with Crippen LogP contribution in [0.15, 0.2) is 48.5 Å². The van der Waals surface area contributed by atoms with Crippen molar-refractivity contribution in [1.29, 1.82) is 0 Å². The van der Waals surface area contributed by atoms with Gasteiger partial charge in [0.15, 0.2) is 0 Å². The number of carbonyl (C=O) groups is 1. The average molecular weight is 388 g/mol. The number of amides is 1. The molecule has 0 fully saturated rings. The summed E-state index contributed by atoms with van der Waals surface area (Å²) in [5, 5.41) is 2.94. The second-order valence-corrected chi connectivity index (χ2v) is 7.14. The maximum absolute atomic E-state index is 12.3. The Balaban J connectivity index is 1.44. The normalized spacial score (nSPS) is 16.1. The number of benzene rings is 2. The number of fused-ring (bicyclic) bond motifs is 1. The van der Waals surface area contributed by atoms with Crippen molar-refractivity contribution in [1.82, 2.24) is 10.2 Å². The summed E-state index contributed by atoms with van der Waals surface area (Å²) < 4.78 is 28.6. The van der Waals surface area contributed by atoms with Crippen molar-refractivity contribution in [2.24, 2.45) is 0 Å². The lowest BCUT2D eigenvalue weighted by atomic mass is 9.87. The zero-order valence-corrected chi connectivity index (χ0v) is 16.0. The predicted molar refractivity (Wildman–Crippen MR) is 105 cm³/mol. The third kappa shape index (κ3) is 5.52. The maximum atomic E-state index is 12.3. The number of hydrogen-bond donors (Lipinski definition) is 1. The summed E-state index contributed by atoms with van der Waals surface area (Å²) in [4.78, 5) is 14.4. The molecule has 2 aromatic carbocycles. The quantitative estimate of drug-likeness (QED) is 0.744. The van der Waals surface area contributed by atoms with E-state index in [1.54, 1.807) is 12.1 Å². The number of ether oxygens (including phenoxy) is 1. The zero-order valence-electron chi connectivity index (χ0n) is 16.0. The van der Waals surface area contributed by atoms with Gasteiger partial charge in [0.05, 0.1) is 6.54 Å². The highest BCUT2D eigenvalue weighted by molar-refractivity contribution is 5.78. The summed E-state index contributed by atoms with van der Waals surface area (Å²) in [6.45, 7) is -1.97. The number of rotatable bonds is 8. The Bertz CT molecular complexity index is 780. The molecule has 0 radical (unpaired) electrons. The van der Waals surface area contributed by atoms with E-state index in [1.807, 2.05) is 7.05 Å². The first-order valence-electron chi connectivity index (χ1n) is 9.61. The fourth-order valence-corrected chi connectivity index (χ4v) is 3.76. The van der Waals surface area contributed by atoms with Crippen LogP contribution in [-0.2, 0) is 17.6 Å². The molecular formula is C22H26F2N2O2. The molecule has 0 heterocycles. The summed E-state index contributed by atoms with van der Waals surface area (Å²) in [7, 11) is 1.99. The lowest BCUT2D eigenvalue weighted by molar-refractivity contribution is -0.122. The SMILES string of the molecule is CN(CC(=O)NCCc1ccc(OC(F)F)cc1)[C@@H]1CCCc2ccccc21. The molecule has 0 spiro atoms. The first-order chi connectivity index (χ1) is 13.5. The number of nitrogens with one attached hydrogen (secondary N) is 1. The Morgan fingerprint density at radius 2 is 1.96 bits per heavy atom. The Morgan fingerprint density at radius 1 is 1.21 bits per heavy atom. The molecule has 28 heavy (non-hydrogen) atoms. The molecule has 0 aliphatic heterocycles. The minimum atomic E-state index is -2.82. The van der Waals surface area contributed by atoms with Crippen LogP contribution in [0.2, 0.25) is 0 Å². The van der Waals surface area contributed by atoms with Gasteiger partial charge in [0, 0.05) is 12.6 Å². The molecular weight excluding hydrogens is 362 g/mol. The summed E-state index contributed by atoms with van der Waals surface area (Å²) in [5.41, 5.74) is 3.66. The fraction of sp³-hybridized carbons (Fsp3) is 0.409. The van der Waals surface area contributed by atoms with Gasteiger partial charge in [-0.15, -0.1) is 0 Å². The molecule has 0 unspecified atom stereocenters. The highest BCUT2D eigenvalue weighted by atomic mass is 19.3. The number of carbonyl (C=O) groups excluding carboxylic acids is 1. The highest BCUT2D eigenvalue weighted by Gasteiger charge is 2.24. The monoisotopic (exact) mass is 388 g/mol. The second kappa shape index (κ2) is 9.64. The van der Waals surface area contributed by atoms with E-state index in [9.17, 15) is 13.6 Å². The van der Waals surface area contributed by atoms with Crippen molar-refractivity contribution in [2.75, 3.05) is 20.1 Å². The van der Waals surface area contributed by atoms with Gasteiger partial charge < -0.3 is 10.1 Å². The minimum absolute atomic E-state index is 0.0109. The smallest absolute Gasteiger partial charge is 0.387 e. The molecule has 0 aromatic heterocycles. The number of hydrogen-bond acceptors (Lipinski definition) is 3. The molecule has 1 aliphatic rings. The van der Waals surface area contributed by atoms with Gasteiger partial charge in [-0.2, -0.15) is 8.78 Å². The van der Waals surface area contributed by atoms with Crippen molar-refractivity contribution in [3.63, 3.8) is 0 Å². The van der Waals surface area contributed by atoms with Crippen LogP contribution < -0.4 is 10.1 Å². The van der Waals surface area contributed by atoms with Gasteiger partial charge in [-0.1, -0.05) is 36.4 Å². The standard InChI is InChI=1S/C22H26F2N2O2/c1-26(20-8-4-6-17-5-2-3-7-19(17)20)15-21(27)25-14-13-16-9-11-18(12-10-16)28-22(23)24/h2-3,5,7,9-12,20,22H,4,6,8,13-15H2,1H3,(H,25,27)/t20-/m1/s1. The van der Waals surface area contributed by atoms with Gasteiger partial charge in [0.25, 0.3) is 0 Å². The van der Waals surface area contributed by atoms with Gasteiger partial charge in [0.2, 0.25) is 5.91 Å². The van der Waals surface area contributed by atoms with Gasteiger partial charge in [0.1, 0.15) is 5.75 Å². The molecule has 1 amide bonds. The Kier molecular flexibility index (Phi) is 6.98. The molecule has 1 aliphatic carbocycles. The van der Waals surface area contributed by atoms with Gasteiger partial charge in [-0.3, -0.25) is 9.69 Å². The molecule has 4 nitrogen and oxygen atoms in total. The zero-order chi connectivity index (χ0) is 19.9. The van der Waals surface area contributed by atoms with Crippen LogP contribution in [0.3, 0.4) is 0 Å². The van der Waals surface area contributed by atoms with Crippen LogP contribution in [-0.4, -0.2) is 37.6 Å². The molecule has 1 atom stereocenters. The van der Waals surface area contributed by atoms with Crippen LogP contribution in [0.5, 0.6) is 5.75 Å². The van der Waals surface area contributed by atoms with E-state index in [-0.39, 0.29) is 17.7 Å². The van der Waals surface area contributed by atoms with Crippen LogP contribution in [0.25, 0.3) is 0 Å². The van der Waals surface area contributed by atoms with E-state index in [1.165, 1.54) is 23.3 Å². The Labute approximate surface area is 164 Å². The largest absolute Gasteiger partial charge is 0.435 e. The second-order valence-electron chi connectivity index (χ2n) is 7.14. The summed E-state index contributed by atoms with van der Waals surface area (Å²) in [5.74, 6) is 0.125. The summed E-state index contributed by atoms with van der Waals surface area (Å²) >= 11 is 0. The van der Waals surface area contributed by atoms with Crippen molar-refractivity contribution in [2.45, 2.75) is 38.3 Å². The van der Waals surface area contributed by atoms with Crippen molar-refractivity contribution >= 4 is 5.91 Å². The third-order valence-corrected chi connectivity index (χ3v) is 5.15. The van der Waals surface area contributed by atoms with Gasteiger partial charge in [-0.05, 0) is 61.6 Å². The van der Waals surface area contributed by atoms with Crippen LogP contribution in [0.4, 0.5) is 8.78 Å². The molecule has 0 saturated heterocycles. The molecule has 2 aromatic rings. The van der Waals surface area contributed by atoms with E-state index in [0.717, 1.165) is 24.8 Å². The lowest BCUT2D eigenvalue weighted by Gasteiger charge is -2.32. The molecule has 1 N–H and O–H groups in total. The van der Waals surface area contributed by atoms with Crippen molar-refractivity contribution < 1.29 is 18.3 Å². The number of likely N-dealkylation sites (N-methyl/N-ethyl adjacent to an activating group) is 1. The average Bonchev–Trinajstić information content (AvgIpc) is 2.68. The minimum Gasteiger partial charge on any atom is -0.435 e.